The number of phenolic OH excluding ortho intramolecular Hbond substituents is 1. The Morgan fingerprint density at radius 3 is 2.64 bits per heavy atom. The number of hydrogen-bond donors (Lipinski definition) is 3. The van der Waals surface area contributed by atoms with Crippen molar-refractivity contribution in [2.75, 3.05) is 6.61 Å². The summed E-state index contributed by atoms with van der Waals surface area (Å²) in [6.07, 6.45) is 7.73. The standard InChI is InChI=1S/C18H25N3O4/c1-2-25-16-11-13(9-10-15(16)22)12-19-21-18(24)17(23)20-14-7-5-3-4-6-8-14/h9-12,14,22H,2-8H2,1H3,(H,20,23)(H,21,24). The minimum atomic E-state index is -0.788. The number of nitrogens with one attached hydrogen (secondary N) is 2. The zero-order valence-corrected chi connectivity index (χ0v) is 14.5. The SMILES string of the molecule is CCOc1cc(C=NNC(=O)C(=O)NC2CCCCCC2)ccc1O. The maximum absolute atomic E-state index is 11.9. The zero-order valence-electron chi connectivity index (χ0n) is 14.5. The summed E-state index contributed by atoms with van der Waals surface area (Å²) in [7, 11) is 0. The molecule has 0 radical (unpaired) electrons. The van der Waals surface area contributed by atoms with Crippen molar-refractivity contribution in [3.05, 3.63) is 23.8 Å². The highest BCUT2D eigenvalue weighted by atomic mass is 16.5. The van der Waals surface area contributed by atoms with Gasteiger partial charge in [0.05, 0.1) is 12.8 Å². The van der Waals surface area contributed by atoms with Gasteiger partial charge in [-0.15, -0.1) is 0 Å². The third-order valence-electron chi connectivity index (χ3n) is 4.06. The molecule has 1 aliphatic carbocycles. The number of amides is 2. The van der Waals surface area contributed by atoms with Gasteiger partial charge in [0.2, 0.25) is 0 Å². The maximum Gasteiger partial charge on any atom is 0.329 e. The van der Waals surface area contributed by atoms with Gasteiger partial charge in [-0.3, -0.25) is 9.59 Å². The minimum absolute atomic E-state index is 0.0332. The summed E-state index contributed by atoms with van der Waals surface area (Å²) < 4.78 is 5.27. The fraction of sp³-hybridized carbons (Fsp3) is 0.500. The van der Waals surface area contributed by atoms with Crippen molar-refractivity contribution < 1.29 is 19.4 Å². The molecule has 0 atom stereocenters. The van der Waals surface area contributed by atoms with Gasteiger partial charge in [0.15, 0.2) is 11.5 Å². The second-order valence-corrected chi connectivity index (χ2v) is 6.02. The van der Waals surface area contributed by atoms with Crippen LogP contribution in [-0.2, 0) is 9.59 Å². The monoisotopic (exact) mass is 347 g/mol. The summed E-state index contributed by atoms with van der Waals surface area (Å²) >= 11 is 0. The first-order chi connectivity index (χ1) is 12.1. The third-order valence-corrected chi connectivity index (χ3v) is 4.06. The second-order valence-electron chi connectivity index (χ2n) is 6.02. The number of aromatic hydroxyl groups is 1. The molecule has 2 amide bonds. The molecule has 3 N–H and O–H groups in total. The number of nitrogens with zero attached hydrogens (tertiary/aromatic N) is 1. The van der Waals surface area contributed by atoms with Crippen LogP contribution in [0.5, 0.6) is 11.5 Å². The number of carbonyl (C=O) groups excluding carboxylic acids is 2. The highest BCUT2D eigenvalue weighted by Gasteiger charge is 2.19. The lowest BCUT2D eigenvalue weighted by atomic mass is 10.1. The van der Waals surface area contributed by atoms with E-state index in [2.05, 4.69) is 15.8 Å². The first-order valence-electron chi connectivity index (χ1n) is 8.70. The first-order valence-corrected chi connectivity index (χ1v) is 8.70. The van der Waals surface area contributed by atoms with Crippen LogP contribution < -0.4 is 15.5 Å². The van der Waals surface area contributed by atoms with Crippen LogP contribution in [0, 0.1) is 0 Å². The third kappa shape index (κ3) is 6.10. The van der Waals surface area contributed by atoms with Crippen molar-refractivity contribution >= 4 is 18.0 Å². The van der Waals surface area contributed by atoms with Crippen molar-refractivity contribution in [1.82, 2.24) is 10.7 Å². The van der Waals surface area contributed by atoms with E-state index < -0.39 is 11.8 Å². The number of ether oxygens (including phenoxy) is 1. The van der Waals surface area contributed by atoms with Crippen LogP contribution in [-0.4, -0.2) is 35.8 Å². The molecule has 1 saturated carbocycles. The number of benzene rings is 1. The van der Waals surface area contributed by atoms with E-state index in [1.54, 1.807) is 12.1 Å². The van der Waals surface area contributed by atoms with Crippen molar-refractivity contribution in [3.63, 3.8) is 0 Å². The van der Waals surface area contributed by atoms with Gasteiger partial charge in [0, 0.05) is 6.04 Å². The van der Waals surface area contributed by atoms with Crippen LogP contribution in [0.4, 0.5) is 0 Å². The molecule has 7 nitrogen and oxygen atoms in total. The summed E-state index contributed by atoms with van der Waals surface area (Å²) in [5, 5.41) is 16.2. The molecule has 0 saturated heterocycles. The van der Waals surface area contributed by atoms with Gasteiger partial charge in [0.25, 0.3) is 0 Å². The Bertz CT molecular complexity index is 623. The summed E-state index contributed by atoms with van der Waals surface area (Å²) in [6, 6.07) is 4.77. The molecule has 0 spiro atoms. The van der Waals surface area contributed by atoms with Gasteiger partial charge in [0.1, 0.15) is 0 Å². The molecule has 136 valence electrons. The van der Waals surface area contributed by atoms with Gasteiger partial charge < -0.3 is 15.2 Å². The van der Waals surface area contributed by atoms with Crippen LogP contribution in [0.2, 0.25) is 0 Å². The van der Waals surface area contributed by atoms with Gasteiger partial charge >= 0.3 is 11.8 Å². The molecule has 2 rings (SSSR count). The van der Waals surface area contributed by atoms with Crippen LogP contribution >= 0.6 is 0 Å². The second kappa shape index (κ2) is 9.66. The fourth-order valence-electron chi connectivity index (χ4n) is 2.77. The topological polar surface area (TPSA) is 100 Å². The Morgan fingerprint density at radius 1 is 1.24 bits per heavy atom. The van der Waals surface area contributed by atoms with E-state index in [1.807, 2.05) is 6.92 Å². The van der Waals surface area contributed by atoms with Crippen LogP contribution in [0.3, 0.4) is 0 Å². The lowest BCUT2D eigenvalue weighted by Gasteiger charge is -2.15. The van der Waals surface area contributed by atoms with E-state index in [-0.39, 0.29) is 11.8 Å². The van der Waals surface area contributed by atoms with Crippen molar-refractivity contribution in [3.8, 4) is 11.5 Å². The molecular weight excluding hydrogens is 322 g/mol. The molecule has 1 aliphatic rings. The molecule has 0 aliphatic heterocycles. The van der Waals surface area contributed by atoms with Crippen LogP contribution in [0.25, 0.3) is 0 Å². The number of rotatable bonds is 5. The zero-order chi connectivity index (χ0) is 18.1. The van der Waals surface area contributed by atoms with E-state index in [1.165, 1.54) is 25.1 Å². The summed E-state index contributed by atoms with van der Waals surface area (Å²) in [5.74, 6) is -1.08. The quantitative estimate of drug-likeness (QED) is 0.329. The summed E-state index contributed by atoms with van der Waals surface area (Å²) in [6.45, 7) is 2.24. The average molecular weight is 347 g/mol. The molecule has 0 unspecified atom stereocenters. The van der Waals surface area contributed by atoms with Crippen molar-refractivity contribution in [1.29, 1.82) is 0 Å². The molecule has 25 heavy (non-hydrogen) atoms. The van der Waals surface area contributed by atoms with E-state index in [0.29, 0.717) is 17.9 Å². The minimum Gasteiger partial charge on any atom is -0.504 e. The number of carbonyl (C=O) groups is 2. The van der Waals surface area contributed by atoms with E-state index in [9.17, 15) is 14.7 Å². The van der Waals surface area contributed by atoms with Crippen LogP contribution in [0.15, 0.2) is 23.3 Å². The average Bonchev–Trinajstić information content (AvgIpc) is 2.86. The molecular formula is C18H25N3O4. The summed E-state index contributed by atoms with van der Waals surface area (Å²) in [4.78, 5) is 23.7. The van der Waals surface area contributed by atoms with Crippen LogP contribution in [0.1, 0.15) is 51.0 Å². The van der Waals surface area contributed by atoms with Crippen molar-refractivity contribution in [2.45, 2.75) is 51.5 Å². The van der Waals surface area contributed by atoms with Crippen molar-refractivity contribution in [2.24, 2.45) is 5.10 Å². The van der Waals surface area contributed by atoms with Gasteiger partial charge in [-0.1, -0.05) is 25.7 Å². The Balaban J connectivity index is 1.84. The van der Waals surface area contributed by atoms with Gasteiger partial charge in [-0.25, -0.2) is 5.43 Å². The molecule has 0 aromatic heterocycles. The molecule has 0 heterocycles. The largest absolute Gasteiger partial charge is 0.504 e. The molecule has 7 heteroatoms. The first kappa shape index (κ1) is 18.8. The normalized spacial score (nSPS) is 15.6. The Morgan fingerprint density at radius 2 is 1.96 bits per heavy atom. The number of hydrogen-bond acceptors (Lipinski definition) is 5. The molecule has 1 aromatic rings. The van der Waals surface area contributed by atoms with E-state index >= 15 is 0 Å². The van der Waals surface area contributed by atoms with E-state index in [0.717, 1.165) is 25.7 Å². The smallest absolute Gasteiger partial charge is 0.329 e. The highest BCUT2D eigenvalue weighted by Crippen LogP contribution is 2.26. The molecule has 1 aromatic carbocycles. The predicted molar refractivity (Wildman–Crippen MR) is 94.6 cm³/mol. The number of phenols is 1. The maximum atomic E-state index is 11.9. The predicted octanol–water partition coefficient (Wildman–Crippen LogP) is 2.08. The lowest BCUT2D eigenvalue weighted by molar-refractivity contribution is -0.139. The number of hydrazone groups is 1. The molecule has 0 bridgehead atoms. The lowest BCUT2D eigenvalue weighted by Crippen LogP contribution is -2.43. The molecule has 1 fully saturated rings. The Labute approximate surface area is 147 Å². The summed E-state index contributed by atoms with van der Waals surface area (Å²) in [5.41, 5.74) is 2.85. The van der Waals surface area contributed by atoms with Gasteiger partial charge in [-0.2, -0.15) is 5.10 Å². The van der Waals surface area contributed by atoms with E-state index in [4.69, 9.17) is 4.74 Å². The fourth-order valence-corrected chi connectivity index (χ4v) is 2.77. The highest BCUT2D eigenvalue weighted by molar-refractivity contribution is 6.35. The Hall–Kier alpha value is -2.57. The van der Waals surface area contributed by atoms with Gasteiger partial charge in [-0.05, 0) is 43.5 Å². The Kier molecular flexibility index (Phi) is 7.25.